The summed E-state index contributed by atoms with van der Waals surface area (Å²) < 4.78 is 6.02. The number of aliphatic hydroxyl groups excluding tert-OH is 1. The first-order chi connectivity index (χ1) is 33.5. The molecule has 2 saturated heterocycles. The number of likely N-dealkylation sites (tertiary alicyclic amines) is 1. The minimum Gasteiger partial charge on any atom is -0.391 e. The molecule has 0 unspecified atom stereocenters. The lowest BCUT2D eigenvalue weighted by Gasteiger charge is -2.38. The number of nitrogens with zero attached hydrogens (tertiary/aromatic N) is 6. The van der Waals surface area contributed by atoms with Crippen LogP contribution in [0.5, 0.6) is 0 Å². The molecule has 2 aliphatic heterocycles. The fraction of sp³-hybridized carbons (Fsp3) is 0.712. The fourth-order valence-electron chi connectivity index (χ4n) is 8.79. The topological polar surface area (TPSA) is 239 Å². The predicted molar refractivity (Wildman–Crippen MR) is 271 cm³/mol. The quantitative estimate of drug-likeness (QED) is 0.263. The number of carbonyl (C=O) groups excluding carboxylic acids is 9. The van der Waals surface area contributed by atoms with E-state index in [0.717, 1.165) is 16.2 Å². The van der Waals surface area contributed by atoms with E-state index in [-0.39, 0.29) is 37.7 Å². The molecule has 9 amide bonds. The highest BCUT2D eigenvalue weighted by Crippen LogP contribution is 2.21. The highest BCUT2D eigenvalue weighted by atomic mass is 16.5. The molecule has 2 aliphatic rings. The van der Waals surface area contributed by atoms with Crippen molar-refractivity contribution in [2.75, 3.05) is 54.9 Å². The molecule has 1 aromatic rings. The molecule has 9 atom stereocenters. The van der Waals surface area contributed by atoms with E-state index < -0.39 is 120 Å². The zero-order valence-electron chi connectivity index (χ0n) is 45.5. The summed E-state index contributed by atoms with van der Waals surface area (Å²) in [4.78, 5) is 138. The third-order valence-corrected chi connectivity index (χ3v) is 13.6. The molecular formula is C52H85N9O11. The van der Waals surface area contributed by atoms with Gasteiger partial charge in [0, 0.05) is 54.7 Å². The van der Waals surface area contributed by atoms with Crippen LogP contribution >= 0.6 is 0 Å². The van der Waals surface area contributed by atoms with Crippen molar-refractivity contribution in [1.29, 1.82) is 0 Å². The van der Waals surface area contributed by atoms with Crippen LogP contribution in [-0.2, 0) is 54.3 Å². The molecule has 20 nitrogen and oxygen atoms in total. The van der Waals surface area contributed by atoms with E-state index in [0.29, 0.717) is 31.5 Å². The van der Waals surface area contributed by atoms with Crippen molar-refractivity contribution >= 4 is 53.2 Å². The molecule has 20 heteroatoms. The third-order valence-electron chi connectivity index (χ3n) is 13.6. The van der Waals surface area contributed by atoms with Gasteiger partial charge in [0.2, 0.25) is 53.2 Å². The van der Waals surface area contributed by atoms with Crippen LogP contribution in [0.1, 0.15) is 113 Å². The van der Waals surface area contributed by atoms with Gasteiger partial charge in [-0.1, -0.05) is 58.0 Å². The Morgan fingerprint density at radius 2 is 1.12 bits per heavy atom. The van der Waals surface area contributed by atoms with E-state index in [1.54, 1.807) is 56.0 Å². The monoisotopic (exact) mass is 1010 g/mol. The Bertz CT molecular complexity index is 2060. The Morgan fingerprint density at radius 1 is 0.639 bits per heavy atom. The Labute approximate surface area is 427 Å². The molecule has 2 fully saturated rings. The van der Waals surface area contributed by atoms with Crippen LogP contribution in [0.25, 0.3) is 0 Å². The summed E-state index contributed by atoms with van der Waals surface area (Å²) in [6, 6.07) is -1.57. The second-order valence-corrected chi connectivity index (χ2v) is 21.5. The lowest BCUT2D eigenvalue weighted by molar-refractivity contribution is -0.152. The predicted octanol–water partition coefficient (Wildman–Crippen LogP) is 1.56. The third kappa shape index (κ3) is 16.7. The second kappa shape index (κ2) is 26.9. The first-order valence-electron chi connectivity index (χ1n) is 25.4. The van der Waals surface area contributed by atoms with Crippen molar-refractivity contribution in [2.45, 2.75) is 174 Å². The largest absolute Gasteiger partial charge is 0.391 e. The summed E-state index contributed by atoms with van der Waals surface area (Å²) in [7, 11) is 6.99. The molecular weight excluding hydrogens is 927 g/mol. The molecule has 0 spiro atoms. The molecule has 0 saturated carbocycles. The van der Waals surface area contributed by atoms with Crippen molar-refractivity contribution in [1.82, 2.24) is 45.3 Å². The number of rotatable bonds is 10. The van der Waals surface area contributed by atoms with Gasteiger partial charge in [-0.25, -0.2) is 0 Å². The normalized spacial score (nSPS) is 26.6. The average Bonchev–Trinajstić information content (AvgIpc) is 3.33. The summed E-state index contributed by atoms with van der Waals surface area (Å²) in [5.74, 6) is -6.62. The lowest BCUT2D eigenvalue weighted by Crippen LogP contribution is -2.62. The van der Waals surface area contributed by atoms with Crippen molar-refractivity contribution in [3.63, 3.8) is 0 Å². The average molecular weight is 1010 g/mol. The van der Waals surface area contributed by atoms with Crippen LogP contribution in [0.3, 0.4) is 0 Å². The maximum absolute atomic E-state index is 14.9. The van der Waals surface area contributed by atoms with Gasteiger partial charge in [-0.15, -0.1) is 0 Å². The Hall–Kier alpha value is -5.63. The lowest BCUT2D eigenvalue weighted by atomic mass is 9.98. The van der Waals surface area contributed by atoms with Gasteiger partial charge in [0.05, 0.1) is 24.7 Å². The van der Waals surface area contributed by atoms with Crippen LogP contribution < -0.4 is 16.0 Å². The summed E-state index contributed by atoms with van der Waals surface area (Å²) in [5, 5.41) is 19.2. The standard InChI is InChI=1S/C52H85N9O11/c1-31(2)26-39-45(65)54-38(30-72-52(8,9)10)44(64)53-37(49(69)61-24-20-17-21-25-61)29-42(63)56(11)33(5)47(67)60(15)41(28-36-22-18-16-19-23-36)50(70)59(14)40(27-32(3)4)46(66)55-43(35(7)62)51(71)57(12)34(6)48(68)58(39)13/h16,18-19,22-23,31-35,37-41,43,62H,17,20-21,24-30H2,1-15H3,(H,53,64)(H,54,65)(H,55,66)/t33-,34-,35+,37-,38-,39-,40-,41-,43-/m0/s1. The van der Waals surface area contributed by atoms with Gasteiger partial charge in [0.15, 0.2) is 0 Å². The number of amides is 9. The van der Waals surface area contributed by atoms with E-state index in [1.165, 1.54) is 70.7 Å². The molecule has 0 aliphatic carbocycles. The van der Waals surface area contributed by atoms with E-state index >= 15 is 0 Å². The molecule has 0 radical (unpaired) electrons. The Kier molecular flexibility index (Phi) is 22.7. The van der Waals surface area contributed by atoms with Crippen molar-refractivity contribution in [3.8, 4) is 0 Å². The molecule has 2 heterocycles. The maximum atomic E-state index is 14.9. The highest BCUT2D eigenvalue weighted by molar-refractivity contribution is 5.99. The summed E-state index contributed by atoms with van der Waals surface area (Å²) in [5.41, 5.74) is -0.102. The van der Waals surface area contributed by atoms with E-state index in [4.69, 9.17) is 4.74 Å². The van der Waals surface area contributed by atoms with E-state index in [9.17, 15) is 48.3 Å². The summed E-state index contributed by atoms with van der Waals surface area (Å²) in [6.07, 6.45) is 0.531. The van der Waals surface area contributed by atoms with Gasteiger partial charge in [-0.2, -0.15) is 0 Å². The van der Waals surface area contributed by atoms with Gasteiger partial charge in [0.25, 0.3) is 0 Å². The van der Waals surface area contributed by atoms with Gasteiger partial charge in [-0.3, -0.25) is 43.2 Å². The van der Waals surface area contributed by atoms with Crippen LogP contribution in [0, 0.1) is 11.8 Å². The number of benzene rings is 1. The van der Waals surface area contributed by atoms with Gasteiger partial charge >= 0.3 is 0 Å². The number of ether oxygens (including phenoxy) is 1. The zero-order valence-corrected chi connectivity index (χ0v) is 45.5. The van der Waals surface area contributed by atoms with Crippen LogP contribution in [-0.4, -0.2) is 203 Å². The van der Waals surface area contributed by atoms with Crippen LogP contribution in [0.4, 0.5) is 0 Å². The van der Waals surface area contributed by atoms with Crippen molar-refractivity contribution < 1.29 is 53.0 Å². The smallest absolute Gasteiger partial charge is 0.248 e. The van der Waals surface area contributed by atoms with E-state index in [2.05, 4.69) is 16.0 Å². The molecule has 3 rings (SSSR count). The summed E-state index contributed by atoms with van der Waals surface area (Å²) >= 11 is 0. The second-order valence-electron chi connectivity index (χ2n) is 21.5. The minimum atomic E-state index is -1.59. The maximum Gasteiger partial charge on any atom is 0.248 e. The number of piperidine rings is 1. The Balaban J connectivity index is 2.28. The molecule has 404 valence electrons. The molecule has 1 aromatic carbocycles. The molecule has 4 N–H and O–H groups in total. The highest BCUT2D eigenvalue weighted by Gasteiger charge is 2.42. The van der Waals surface area contributed by atoms with Gasteiger partial charge < -0.3 is 55.2 Å². The van der Waals surface area contributed by atoms with E-state index in [1.807, 2.05) is 27.7 Å². The van der Waals surface area contributed by atoms with Crippen molar-refractivity contribution in [3.05, 3.63) is 35.9 Å². The number of hydrogen-bond acceptors (Lipinski definition) is 11. The zero-order chi connectivity index (χ0) is 54.5. The summed E-state index contributed by atoms with van der Waals surface area (Å²) in [6.45, 7) is 17.3. The first-order valence-corrected chi connectivity index (χ1v) is 25.4. The SMILES string of the molecule is CC(C)C[C@H]1C(=O)N[C@@H](COC(C)(C)C)C(=O)N[C@H](C(=O)N2CCCCC2)CC(=O)N(C)[C@@H](C)C(=O)N(C)[C@@H](Cc2ccccc2)C(=O)N(C)[C@@H](CC(C)C)C(=O)N[C@@H]([C@@H](C)O)C(=O)N(C)[C@@H](C)C(=O)N1C. The number of likely N-dealkylation sites (N-methyl/N-ethyl adjacent to an activating group) is 5. The number of carbonyl (C=O) groups is 9. The number of hydrogen-bond donors (Lipinski definition) is 4. The number of nitrogens with one attached hydrogen (secondary N) is 3. The first kappa shape index (κ1) is 60.7. The minimum absolute atomic E-state index is 0.0136. The van der Waals surface area contributed by atoms with Gasteiger partial charge in [-0.05, 0) is 91.0 Å². The fourth-order valence-corrected chi connectivity index (χ4v) is 8.79. The number of aliphatic hydroxyl groups is 1. The molecule has 0 bridgehead atoms. The van der Waals surface area contributed by atoms with Crippen molar-refractivity contribution in [2.24, 2.45) is 11.8 Å². The van der Waals surface area contributed by atoms with Crippen LogP contribution in [0.2, 0.25) is 0 Å². The van der Waals surface area contributed by atoms with Crippen LogP contribution in [0.15, 0.2) is 30.3 Å². The van der Waals surface area contributed by atoms with Gasteiger partial charge in [0.1, 0.15) is 48.3 Å². The Morgan fingerprint density at radius 3 is 1.62 bits per heavy atom. The molecule has 72 heavy (non-hydrogen) atoms. The molecule has 0 aromatic heterocycles.